The largest absolute Gasteiger partial charge is 0.394 e. The minimum atomic E-state index is -0.142. The zero-order valence-electron chi connectivity index (χ0n) is 12.1. The third kappa shape index (κ3) is 4.47. The highest BCUT2D eigenvalue weighted by Crippen LogP contribution is 2.28. The summed E-state index contributed by atoms with van der Waals surface area (Å²) in [5.41, 5.74) is -0.142. The van der Waals surface area contributed by atoms with Crippen LogP contribution in [0.15, 0.2) is 29.2 Å². The Morgan fingerprint density at radius 3 is 2.75 bits per heavy atom. The number of aliphatic hydroxyl groups excluding tert-OH is 1. The molecule has 0 spiro atoms. The third-order valence-corrected chi connectivity index (χ3v) is 5.10. The average molecular weight is 297 g/mol. The van der Waals surface area contributed by atoms with Gasteiger partial charge in [0.1, 0.15) is 5.82 Å². The molecule has 1 atom stereocenters. The van der Waals surface area contributed by atoms with Crippen LogP contribution in [-0.4, -0.2) is 29.0 Å². The van der Waals surface area contributed by atoms with Crippen molar-refractivity contribution in [3.8, 4) is 0 Å². The Kier molecular flexibility index (Phi) is 5.87. The van der Waals surface area contributed by atoms with Crippen molar-refractivity contribution in [2.75, 3.05) is 12.4 Å². The van der Waals surface area contributed by atoms with Gasteiger partial charge in [-0.3, -0.25) is 0 Å². The standard InChI is InChI=1S/C16H24FNOS/c1-2-16(12-19,18-13-8-9-13)10-5-11-20-15-7-4-3-6-14(15)17/h3-4,6-7,13,18-19H,2,5,8-12H2,1H3. The Bertz CT molecular complexity index is 419. The predicted octanol–water partition coefficient (Wildman–Crippen LogP) is 3.59. The second-order valence-electron chi connectivity index (χ2n) is 5.59. The Balaban J connectivity index is 1.77. The molecule has 0 bridgehead atoms. The second-order valence-corrected chi connectivity index (χ2v) is 6.73. The van der Waals surface area contributed by atoms with E-state index in [9.17, 15) is 9.50 Å². The maximum absolute atomic E-state index is 13.5. The first-order valence-corrected chi connectivity index (χ1v) is 8.43. The lowest BCUT2D eigenvalue weighted by molar-refractivity contribution is 0.144. The molecule has 0 aliphatic heterocycles. The average Bonchev–Trinajstić information content (AvgIpc) is 3.28. The highest BCUT2D eigenvalue weighted by atomic mass is 32.2. The maximum atomic E-state index is 13.5. The molecule has 1 aliphatic rings. The molecule has 112 valence electrons. The minimum absolute atomic E-state index is 0.141. The summed E-state index contributed by atoms with van der Waals surface area (Å²) in [5, 5.41) is 13.3. The van der Waals surface area contributed by atoms with E-state index in [1.165, 1.54) is 18.9 Å². The SMILES string of the molecule is CCC(CO)(CCCSc1ccccc1F)NC1CC1. The number of halogens is 1. The molecule has 20 heavy (non-hydrogen) atoms. The summed E-state index contributed by atoms with van der Waals surface area (Å²) in [6.07, 6.45) is 5.31. The summed E-state index contributed by atoms with van der Waals surface area (Å²) >= 11 is 1.56. The minimum Gasteiger partial charge on any atom is -0.394 e. The van der Waals surface area contributed by atoms with Gasteiger partial charge in [0.05, 0.1) is 6.61 Å². The normalized spacial score (nSPS) is 17.9. The zero-order valence-corrected chi connectivity index (χ0v) is 12.9. The first kappa shape index (κ1) is 15.8. The van der Waals surface area contributed by atoms with Crippen LogP contribution in [0.25, 0.3) is 0 Å². The van der Waals surface area contributed by atoms with Crippen molar-refractivity contribution in [1.82, 2.24) is 5.32 Å². The van der Waals surface area contributed by atoms with Crippen molar-refractivity contribution in [2.45, 2.75) is 55.5 Å². The molecule has 1 aromatic carbocycles. The van der Waals surface area contributed by atoms with Gasteiger partial charge in [0, 0.05) is 16.5 Å². The molecule has 1 unspecified atom stereocenters. The van der Waals surface area contributed by atoms with Crippen LogP contribution < -0.4 is 5.32 Å². The van der Waals surface area contributed by atoms with Crippen molar-refractivity contribution in [1.29, 1.82) is 0 Å². The van der Waals surface area contributed by atoms with E-state index in [2.05, 4.69) is 12.2 Å². The molecule has 1 aliphatic carbocycles. The smallest absolute Gasteiger partial charge is 0.136 e. The monoisotopic (exact) mass is 297 g/mol. The molecular weight excluding hydrogens is 273 g/mol. The number of nitrogens with one attached hydrogen (secondary N) is 1. The topological polar surface area (TPSA) is 32.3 Å². The second kappa shape index (κ2) is 7.43. The molecule has 0 heterocycles. The number of hydrogen-bond acceptors (Lipinski definition) is 3. The fourth-order valence-corrected chi connectivity index (χ4v) is 3.29. The van der Waals surface area contributed by atoms with Gasteiger partial charge in [-0.25, -0.2) is 4.39 Å². The molecular formula is C16H24FNOS. The van der Waals surface area contributed by atoms with Crippen molar-refractivity contribution >= 4 is 11.8 Å². The van der Waals surface area contributed by atoms with Crippen LogP contribution >= 0.6 is 11.8 Å². The van der Waals surface area contributed by atoms with Crippen LogP contribution in [0, 0.1) is 5.82 Å². The van der Waals surface area contributed by atoms with Gasteiger partial charge in [0.25, 0.3) is 0 Å². The Labute approximate surface area is 125 Å². The maximum Gasteiger partial charge on any atom is 0.136 e. The van der Waals surface area contributed by atoms with Crippen LogP contribution in [0.2, 0.25) is 0 Å². The Morgan fingerprint density at radius 1 is 1.40 bits per heavy atom. The van der Waals surface area contributed by atoms with Crippen molar-refractivity contribution in [3.05, 3.63) is 30.1 Å². The van der Waals surface area contributed by atoms with Gasteiger partial charge in [0.15, 0.2) is 0 Å². The first-order chi connectivity index (χ1) is 9.69. The van der Waals surface area contributed by atoms with Gasteiger partial charge in [-0.05, 0) is 50.0 Å². The van der Waals surface area contributed by atoms with Crippen LogP contribution in [0.3, 0.4) is 0 Å². The lowest BCUT2D eigenvalue weighted by Gasteiger charge is -2.32. The van der Waals surface area contributed by atoms with Crippen LogP contribution in [0.1, 0.15) is 39.0 Å². The number of rotatable bonds is 9. The summed E-state index contributed by atoms with van der Waals surface area (Å²) in [6.45, 7) is 2.31. The number of aliphatic hydroxyl groups is 1. The van der Waals surface area contributed by atoms with Gasteiger partial charge < -0.3 is 10.4 Å². The summed E-state index contributed by atoms with van der Waals surface area (Å²) < 4.78 is 13.5. The van der Waals surface area contributed by atoms with Crippen LogP contribution in [0.4, 0.5) is 4.39 Å². The zero-order chi connectivity index (χ0) is 14.4. The highest BCUT2D eigenvalue weighted by molar-refractivity contribution is 7.99. The van der Waals surface area contributed by atoms with Gasteiger partial charge in [-0.15, -0.1) is 11.8 Å². The molecule has 2 rings (SSSR count). The van der Waals surface area contributed by atoms with E-state index >= 15 is 0 Å². The molecule has 0 radical (unpaired) electrons. The molecule has 4 heteroatoms. The lowest BCUT2D eigenvalue weighted by atomic mass is 9.91. The van der Waals surface area contributed by atoms with Crippen LogP contribution in [-0.2, 0) is 0 Å². The van der Waals surface area contributed by atoms with Crippen LogP contribution in [0.5, 0.6) is 0 Å². The third-order valence-electron chi connectivity index (χ3n) is 3.96. The first-order valence-electron chi connectivity index (χ1n) is 7.45. The molecule has 1 fully saturated rings. The van der Waals surface area contributed by atoms with E-state index in [1.807, 2.05) is 12.1 Å². The Morgan fingerprint density at radius 2 is 2.15 bits per heavy atom. The molecule has 2 nitrogen and oxygen atoms in total. The van der Waals surface area contributed by atoms with E-state index in [0.717, 1.165) is 25.0 Å². The summed E-state index contributed by atoms with van der Waals surface area (Å²) in [7, 11) is 0. The number of hydrogen-bond donors (Lipinski definition) is 2. The molecule has 1 aromatic rings. The van der Waals surface area contributed by atoms with Gasteiger partial charge in [-0.2, -0.15) is 0 Å². The van der Waals surface area contributed by atoms with E-state index < -0.39 is 0 Å². The van der Waals surface area contributed by atoms with Crippen molar-refractivity contribution in [3.63, 3.8) is 0 Å². The highest BCUT2D eigenvalue weighted by Gasteiger charge is 2.33. The van der Waals surface area contributed by atoms with E-state index in [4.69, 9.17) is 0 Å². The van der Waals surface area contributed by atoms with E-state index in [0.29, 0.717) is 10.9 Å². The van der Waals surface area contributed by atoms with Gasteiger partial charge >= 0.3 is 0 Å². The quantitative estimate of drug-likeness (QED) is 0.539. The summed E-state index contributed by atoms with van der Waals surface area (Å²) in [4.78, 5) is 0.716. The van der Waals surface area contributed by atoms with Gasteiger partial charge in [0.2, 0.25) is 0 Å². The van der Waals surface area contributed by atoms with Crippen molar-refractivity contribution in [2.24, 2.45) is 0 Å². The molecule has 2 N–H and O–H groups in total. The number of benzene rings is 1. The van der Waals surface area contributed by atoms with E-state index in [-0.39, 0.29) is 18.0 Å². The summed E-state index contributed by atoms with van der Waals surface area (Å²) in [5.74, 6) is 0.743. The molecule has 0 aromatic heterocycles. The summed E-state index contributed by atoms with van der Waals surface area (Å²) in [6, 6.07) is 7.50. The Hall–Kier alpha value is -0.580. The molecule has 0 saturated heterocycles. The number of thioether (sulfide) groups is 1. The molecule has 1 saturated carbocycles. The lowest BCUT2D eigenvalue weighted by Crippen LogP contribution is -2.49. The van der Waals surface area contributed by atoms with Crippen molar-refractivity contribution < 1.29 is 9.50 Å². The fraction of sp³-hybridized carbons (Fsp3) is 0.625. The van der Waals surface area contributed by atoms with E-state index in [1.54, 1.807) is 17.8 Å². The molecule has 0 amide bonds. The van der Waals surface area contributed by atoms with Gasteiger partial charge in [-0.1, -0.05) is 19.1 Å². The fourth-order valence-electron chi connectivity index (χ4n) is 2.40. The predicted molar refractivity (Wildman–Crippen MR) is 82.6 cm³/mol.